The fourth-order valence-corrected chi connectivity index (χ4v) is 2.45. The first kappa shape index (κ1) is 13.2. The molecule has 0 aliphatic heterocycles. The van der Waals surface area contributed by atoms with Crippen LogP contribution in [0.4, 0.5) is 13.2 Å². The first-order valence-electron chi connectivity index (χ1n) is 5.70. The monoisotopic (exact) mass is 259 g/mol. The highest BCUT2D eigenvalue weighted by molar-refractivity contribution is 5.44. The van der Waals surface area contributed by atoms with Crippen LogP contribution >= 0.6 is 0 Å². The van der Waals surface area contributed by atoms with E-state index in [1.807, 2.05) is 13.8 Å². The Morgan fingerprint density at radius 3 is 2.22 bits per heavy atom. The molecule has 2 unspecified atom stereocenters. The van der Waals surface area contributed by atoms with Crippen LogP contribution in [0.2, 0.25) is 0 Å². The zero-order valence-electron chi connectivity index (χ0n) is 10.5. The van der Waals surface area contributed by atoms with E-state index in [1.54, 1.807) is 0 Å². The van der Waals surface area contributed by atoms with Crippen LogP contribution < -0.4 is 10.5 Å². The fraction of sp³-hybridized carbons (Fsp3) is 0.538. The van der Waals surface area contributed by atoms with Gasteiger partial charge in [-0.25, -0.2) is 0 Å². The minimum absolute atomic E-state index is 0.0149. The molecule has 1 aromatic carbocycles. The zero-order chi connectivity index (χ0) is 13.7. The molecule has 0 saturated heterocycles. The lowest BCUT2D eigenvalue weighted by atomic mass is 10.0. The summed E-state index contributed by atoms with van der Waals surface area (Å²) in [5.74, 6) is -0.0522. The number of ether oxygens (including phenoxy) is 1. The number of alkyl halides is 3. The van der Waals surface area contributed by atoms with Crippen molar-refractivity contribution in [2.45, 2.75) is 32.0 Å². The Labute approximate surface area is 104 Å². The number of halogens is 3. The van der Waals surface area contributed by atoms with Crippen LogP contribution in [0.15, 0.2) is 18.2 Å². The largest absolute Gasteiger partial charge is 0.496 e. The number of benzene rings is 1. The van der Waals surface area contributed by atoms with Crippen molar-refractivity contribution in [3.63, 3.8) is 0 Å². The van der Waals surface area contributed by atoms with Gasteiger partial charge in [0.1, 0.15) is 5.75 Å². The Morgan fingerprint density at radius 1 is 1.28 bits per heavy atom. The van der Waals surface area contributed by atoms with E-state index in [4.69, 9.17) is 10.5 Å². The minimum Gasteiger partial charge on any atom is -0.496 e. The Kier molecular flexibility index (Phi) is 2.85. The Hall–Kier alpha value is -1.23. The molecule has 100 valence electrons. The predicted octanol–water partition coefficient (Wildman–Crippen LogP) is 3.16. The number of rotatable bonds is 2. The molecule has 0 spiro atoms. The van der Waals surface area contributed by atoms with Gasteiger partial charge in [-0.15, -0.1) is 0 Å². The molecular weight excluding hydrogens is 243 g/mol. The van der Waals surface area contributed by atoms with E-state index in [0.717, 1.165) is 11.6 Å². The maximum Gasteiger partial charge on any atom is 0.419 e. The van der Waals surface area contributed by atoms with Crippen molar-refractivity contribution < 1.29 is 17.9 Å². The van der Waals surface area contributed by atoms with Gasteiger partial charge in [0.2, 0.25) is 0 Å². The van der Waals surface area contributed by atoms with Crippen molar-refractivity contribution in [2.24, 2.45) is 11.1 Å². The molecule has 0 radical (unpaired) electrons. The molecule has 5 heteroatoms. The van der Waals surface area contributed by atoms with Gasteiger partial charge in [0.15, 0.2) is 0 Å². The van der Waals surface area contributed by atoms with Gasteiger partial charge in [0.05, 0.1) is 12.7 Å². The van der Waals surface area contributed by atoms with Gasteiger partial charge in [0.25, 0.3) is 0 Å². The summed E-state index contributed by atoms with van der Waals surface area (Å²) in [7, 11) is 1.24. The van der Waals surface area contributed by atoms with Crippen molar-refractivity contribution in [2.75, 3.05) is 7.11 Å². The summed E-state index contributed by atoms with van der Waals surface area (Å²) in [5.41, 5.74) is 5.92. The molecule has 1 aromatic rings. The molecular formula is C13H16F3NO. The summed E-state index contributed by atoms with van der Waals surface area (Å²) in [6.45, 7) is 4.01. The Morgan fingerprint density at radius 2 is 1.83 bits per heavy atom. The highest BCUT2D eigenvalue weighted by atomic mass is 19.4. The number of nitrogens with two attached hydrogens (primary N) is 1. The quantitative estimate of drug-likeness (QED) is 0.885. The van der Waals surface area contributed by atoms with Crippen LogP contribution in [0.1, 0.15) is 30.9 Å². The summed E-state index contributed by atoms with van der Waals surface area (Å²) >= 11 is 0. The second-order valence-corrected chi connectivity index (χ2v) is 5.28. The summed E-state index contributed by atoms with van der Waals surface area (Å²) in [6.07, 6.45) is -4.40. The smallest absolute Gasteiger partial charge is 0.419 e. The molecule has 0 aromatic heterocycles. The summed E-state index contributed by atoms with van der Waals surface area (Å²) in [4.78, 5) is 0. The fourth-order valence-electron chi connectivity index (χ4n) is 2.45. The maximum absolute atomic E-state index is 12.7. The van der Waals surface area contributed by atoms with Crippen LogP contribution in [0.3, 0.4) is 0 Å². The van der Waals surface area contributed by atoms with E-state index in [2.05, 4.69) is 0 Å². The molecule has 0 bridgehead atoms. The van der Waals surface area contributed by atoms with Gasteiger partial charge in [-0.3, -0.25) is 0 Å². The molecule has 2 N–H and O–H groups in total. The van der Waals surface area contributed by atoms with E-state index in [9.17, 15) is 13.2 Å². The molecule has 1 aliphatic rings. The second-order valence-electron chi connectivity index (χ2n) is 5.28. The van der Waals surface area contributed by atoms with Crippen molar-refractivity contribution in [3.8, 4) is 5.75 Å². The van der Waals surface area contributed by atoms with E-state index in [-0.39, 0.29) is 23.1 Å². The van der Waals surface area contributed by atoms with Crippen LogP contribution in [0.5, 0.6) is 5.75 Å². The molecule has 1 saturated carbocycles. The lowest BCUT2D eigenvalue weighted by Gasteiger charge is -2.13. The van der Waals surface area contributed by atoms with Gasteiger partial charge in [-0.05, 0) is 23.1 Å². The minimum atomic E-state index is -4.40. The molecule has 0 heterocycles. The van der Waals surface area contributed by atoms with Gasteiger partial charge in [-0.1, -0.05) is 19.9 Å². The lowest BCUT2D eigenvalue weighted by molar-refractivity contribution is -0.138. The lowest BCUT2D eigenvalue weighted by Crippen LogP contribution is -2.08. The summed E-state index contributed by atoms with van der Waals surface area (Å²) < 4.78 is 43.0. The van der Waals surface area contributed by atoms with E-state index < -0.39 is 11.7 Å². The third-order valence-electron chi connectivity index (χ3n) is 3.80. The average Bonchev–Trinajstić information content (AvgIpc) is 2.76. The molecule has 1 fully saturated rings. The molecule has 1 aliphatic carbocycles. The molecule has 2 atom stereocenters. The first-order chi connectivity index (χ1) is 8.19. The second kappa shape index (κ2) is 3.88. The molecule has 18 heavy (non-hydrogen) atoms. The van der Waals surface area contributed by atoms with E-state index in [0.29, 0.717) is 0 Å². The van der Waals surface area contributed by atoms with Crippen molar-refractivity contribution in [1.82, 2.24) is 0 Å². The number of hydrogen-bond acceptors (Lipinski definition) is 2. The Bertz CT molecular complexity index is 468. The van der Waals surface area contributed by atoms with Crippen LogP contribution in [-0.2, 0) is 6.18 Å². The maximum atomic E-state index is 12.7. The van der Waals surface area contributed by atoms with Crippen LogP contribution in [-0.4, -0.2) is 13.2 Å². The highest BCUT2D eigenvalue weighted by Gasteiger charge is 2.56. The van der Waals surface area contributed by atoms with Crippen LogP contribution in [0.25, 0.3) is 0 Å². The first-order valence-corrected chi connectivity index (χ1v) is 5.70. The third kappa shape index (κ3) is 1.96. The number of methoxy groups -OCH3 is 1. The van der Waals surface area contributed by atoms with Gasteiger partial charge < -0.3 is 10.5 Å². The standard InChI is InChI=1S/C13H16F3NO/c1-12(2)10(11(12)17)7-4-5-8(13(14,15)16)9(6-7)18-3/h4-6,10-11H,17H2,1-3H3. The van der Waals surface area contributed by atoms with Crippen molar-refractivity contribution >= 4 is 0 Å². The van der Waals surface area contributed by atoms with Gasteiger partial charge >= 0.3 is 6.18 Å². The van der Waals surface area contributed by atoms with E-state index >= 15 is 0 Å². The van der Waals surface area contributed by atoms with Crippen molar-refractivity contribution in [3.05, 3.63) is 29.3 Å². The van der Waals surface area contributed by atoms with Gasteiger partial charge in [0, 0.05) is 12.0 Å². The summed E-state index contributed by atoms with van der Waals surface area (Å²) in [6, 6.07) is 3.99. The normalized spacial score (nSPS) is 25.9. The predicted molar refractivity (Wildman–Crippen MR) is 62.5 cm³/mol. The molecule has 0 amide bonds. The topological polar surface area (TPSA) is 35.2 Å². The summed E-state index contributed by atoms with van der Waals surface area (Å²) in [5, 5.41) is 0. The average molecular weight is 259 g/mol. The van der Waals surface area contributed by atoms with Gasteiger partial charge in [-0.2, -0.15) is 13.2 Å². The van der Waals surface area contributed by atoms with Crippen LogP contribution in [0, 0.1) is 5.41 Å². The SMILES string of the molecule is COc1cc(C2C(N)C2(C)C)ccc1C(F)(F)F. The zero-order valence-corrected chi connectivity index (χ0v) is 10.5. The highest BCUT2D eigenvalue weighted by Crippen LogP contribution is 2.58. The van der Waals surface area contributed by atoms with E-state index in [1.165, 1.54) is 19.2 Å². The molecule has 2 nitrogen and oxygen atoms in total. The molecule has 2 rings (SSSR count). The van der Waals surface area contributed by atoms with Crippen molar-refractivity contribution in [1.29, 1.82) is 0 Å². The third-order valence-corrected chi connectivity index (χ3v) is 3.80. The number of hydrogen-bond donors (Lipinski definition) is 1. The Balaban J connectivity index is 2.38.